The van der Waals surface area contributed by atoms with Crippen molar-refractivity contribution in [2.45, 2.75) is 19.8 Å². The Bertz CT molecular complexity index is 509. The van der Waals surface area contributed by atoms with Crippen molar-refractivity contribution in [3.63, 3.8) is 0 Å². The molecule has 1 aromatic rings. The lowest BCUT2D eigenvalue weighted by atomic mass is 9.97. The van der Waals surface area contributed by atoms with Gasteiger partial charge in [-0.2, -0.15) is 0 Å². The quantitative estimate of drug-likeness (QED) is 0.781. The van der Waals surface area contributed by atoms with Crippen LogP contribution in [0.4, 0.5) is 4.39 Å². The Labute approximate surface area is 129 Å². The number of carbonyl (C=O) groups excluding carboxylic acids is 2. The topological polar surface area (TPSA) is 55.8 Å². The van der Waals surface area contributed by atoms with Gasteiger partial charge >= 0.3 is 5.97 Å². The Morgan fingerprint density at radius 2 is 1.86 bits per heavy atom. The summed E-state index contributed by atoms with van der Waals surface area (Å²) in [5.74, 6) is -0.332. The molecule has 0 unspecified atom stereocenters. The van der Waals surface area contributed by atoms with Crippen LogP contribution in [0.1, 0.15) is 19.8 Å². The Hall–Kier alpha value is -2.11. The van der Waals surface area contributed by atoms with Crippen molar-refractivity contribution in [1.82, 2.24) is 4.90 Å². The van der Waals surface area contributed by atoms with Gasteiger partial charge in [-0.25, -0.2) is 4.39 Å². The number of amides is 1. The predicted molar refractivity (Wildman–Crippen MR) is 77.8 cm³/mol. The summed E-state index contributed by atoms with van der Waals surface area (Å²) in [5, 5.41) is 0. The molecule has 1 heterocycles. The zero-order valence-corrected chi connectivity index (χ0v) is 12.6. The van der Waals surface area contributed by atoms with Gasteiger partial charge in [0.15, 0.2) is 6.61 Å². The highest BCUT2D eigenvalue weighted by Crippen LogP contribution is 2.19. The van der Waals surface area contributed by atoms with Crippen LogP contribution < -0.4 is 4.74 Å². The molecular formula is C16H20FNO4. The monoisotopic (exact) mass is 309 g/mol. The average molecular weight is 309 g/mol. The van der Waals surface area contributed by atoms with E-state index in [0.717, 1.165) is 0 Å². The van der Waals surface area contributed by atoms with Crippen LogP contribution in [0.15, 0.2) is 24.3 Å². The number of ether oxygens (including phenoxy) is 2. The number of halogens is 1. The third kappa shape index (κ3) is 4.44. The molecule has 0 aliphatic carbocycles. The van der Waals surface area contributed by atoms with E-state index in [1.165, 1.54) is 24.3 Å². The molecule has 1 fully saturated rings. The summed E-state index contributed by atoms with van der Waals surface area (Å²) >= 11 is 0. The van der Waals surface area contributed by atoms with E-state index >= 15 is 0 Å². The molecule has 1 aromatic carbocycles. The van der Waals surface area contributed by atoms with E-state index in [1.807, 2.05) is 0 Å². The molecular weight excluding hydrogens is 289 g/mol. The molecule has 5 nitrogen and oxygen atoms in total. The maximum Gasteiger partial charge on any atom is 0.309 e. The van der Waals surface area contributed by atoms with Crippen molar-refractivity contribution in [3.05, 3.63) is 30.1 Å². The maximum atomic E-state index is 12.8. The standard InChI is InChI=1S/C16H20FNO4/c1-2-21-16(20)12-7-9-18(10-8-12)15(19)11-22-14-5-3-13(17)4-6-14/h3-6,12H,2,7-11H2,1H3. The third-order valence-electron chi connectivity index (χ3n) is 3.64. The number of nitrogens with zero attached hydrogens (tertiary/aromatic N) is 1. The van der Waals surface area contributed by atoms with Crippen molar-refractivity contribution in [1.29, 1.82) is 0 Å². The molecule has 0 aromatic heterocycles. The predicted octanol–water partition coefficient (Wildman–Crippen LogP) is 2.01. The van der Waals surface area contributed by atoms with E-state index < -0.39 is 0 Å². The van der Waals surface area contributed by atoms with Crippen molar-refractivity contribution in [3.8, 4) is 5.75 Å². The fourth-order valence-corrected chi connectivity index (χ4v) is 2.39. The van der Waals surface area contributed by atoms with Crippen molar-refractivity contribution in [2.75, 3.05) is 26.3 Å². The van der Waals surface area contributed by atoms with E-state index in [2.05, 4.69) is 0 Å². The lowest BCUT2D eigenvalue weighted by Crippen LogP contribution is -2.42. The molecule has 120 valence electrons. The van der Waals surface area contributed by atoms with Crippen molar-refractivity contribution >= 4 is 11.9 Å². The maximum absolute atomic E-state index is 12.8. The summed E-state index contributed by atoms with van der Waals surface area (Å²) < 4.78 is 23.1. The Balaban J connectivity index is 1.75. The number of likely N-dealkylation sites (tertiary alicyclic amines) is 1. The number of piperidine rings is 1. The number of carbonyl (C=O) groups is 2. The second-order valence-corrected chi connectivity index (χ2v) is 5.15. The van der Waals surface area contributed by atoms with Gasteiger partial charge in [0, 0.05) is 13.1 Å². The zero-order chi connectivity index (χ0) is 15.9. The van der Waals surface area contributed by atoms with Crippen LogP contribution in [0, 0.1) is 11.7 Å². The summed E-state index contributed by atoms with van der Waals surface area (Å²) in [5.41, 5.74) is 0. The molecule has 0 bridgehead atoms. The highest BCUT2D eigenvalue weighted by Gasteiger charge is 2.28. The molecule has 6 heteroatoms. The second-order valence-electron chi connectivity index (χ2n) is 5.15. The van der Waals surface area contributed by atoms with Gasteiger partial charge in [0.2, 0.25) is 0 Å². The summed E-state index contributed by atoms with van der Waals surface area (Å²) in [6.45, 7) is 3.12. The Morgan fingerprint density at radius 3 is 2.45 bits per heavy atom. The molecule has 1 aliphatic heterocycles. The normalized spacial score (nSPS) is 15.5. The van der Waals surface area contributed by atoms with E-state index in [1.54, 1.807) is 11.8 Å². The summed E-state index contributed by atoms with van der Waals surface area (Å²) in [6, 6.07) is 5.53. The van der Waals surface area contributed by atoms with Crippen molar-refractivity contribution in [2.24, 2.45) is 5.92 Å². The summed E-state index contributed by atoms with van der Waals surface area (Å²) in [7, 11) is 0. The van der Waals surface area contributed by atoms with E-state index in [-0.39, 0.29) is 30.2 Å². The van der Waals surface area contributed by atoms with Gasteiger partial charge in [0.05, 0.1) is 12.5 Å². The molecule has 0 N–H and O–H groups in total. The van der Waals surface area contributed by atoms with Gasteiger partial charge in [-0.3, -0.25) is 9.59 Å². The first-order valence-electron chi connectivity index (χ1n) is 7.43. The highest BCUT2D eigenvalue weighted by atomic mass is 19.1. The number of esters is 1. The highest BCUT2D eigenvalue weighted by molar-refractivity contribution is 5.78. The SMILES string of the molecule is CCOC(=O)C1CCN(C(=O)COc2ccc(F)cc2)CC1. The average Bonchev–Trinajstić information content (AvgIpc) is 2.54. The minimum Gasteiger partial charge on any atom is -0.484 e. The molecule has 22 heavy (non-hydrogen) atoms. The van der Waals surface area contributed by atoms with Gasteiger partial charge in [0.1, 0.15) is 11.6 Å². The molecule has 1 saturated heterocycles. The van der Waals surface area contributed by atoms with Crippen LogP contribution in [-0.2, 0) is 14.3 Å². The number of hydrogen-bond acceptors (Lipinski definition) is 4. The zero-order valence-electron chi connectivity index (χ0n) is 12.6. The molecule has 0 spiro atoms. The van der Waals surface area contributed by atoms with Gasteiger partial charge < -0.3 is 14.4 Å². The fourth-order valence-electron chi connectivity index (χ4n) is 2.39. The molecule has 1 aliphatic rings. The van der Waals surface area contributed by atoms with Gasteiger partial charge in [0.25, 0.3) is 5.91 Å². The molecule has 1 amide bonds. The van der Waals surface area contributed by atoms with Crippen LogP contribution in [0.25, 0.3) is 0 Å². The smallest absolute Gasteiger partial charge is 0.309 e. The number of benzene rings is 1. The fraction of sp³-hybridized carbons (Fsp3) is 0.500. The molecule has 0 radical (unpaired) electrons. The van der Waals surface area contributed by atoms with Crippen LogP contribution >= 0.6 is 0 Å². The van der Waals surface area contributed by atoms with Gasteiger partial charge in [-0.1, -0.05) is 0 Å². The van der Waals surface area contributed by atoms with Gasteiger partial charge in [-0.15, -0.1) is 0 Å². The number of rotatable bonds is 5. The summed E-state index contributed by atoms with van der Waals surface area (Å²) in [4.78, 5) is 25.4. The molecule has 2 rings (SSSR count). The third-order valence-corrected chi connectivity index (χ3v) is 3.64. The lowest BCUT2D eigenvalue weighted by molar-refractivity contribution is -0.151. The van der Waals surface area contributed by atoms with E-state index in [0.29, 0.717) is 38.3 Å². The van der Waals surface area contributed by atoms with Crippen LogP contribution in [0.5, 0.6) is 5.75 Å². The minimum atomic E-state index is -0.347. The second kappa shape index (κ2) is 7.77. The van der Waals surface area contributed by atoms with Gasteiger partial charge in [-0.05, 0) is 44.0 Å². The van der Waals surface area contributed by atoms with Crippen LogP contribution in [0.2, 0.25) is 0 Å². The lowest BCUT2D eigenvalue weighted by Gasteiger charge is -2.30. The first kappa shape index (κ1) is 16.3. The first-order valence-corrected chi connectivity index (χ1v) is 7.43. The van der Waals surface area contributed by atoms with Crippen LogP contribution in [-0.4, -0.2) is 43.1 Å². The minimum absolute atomic E-state index is 0.0876. The molecule has 0 saturated carbocycles. The number of hydrogen-bond donors (Lipinski definition) is 0. The Morgan fingerprint density at radius 1 is 1.23 bits per heavy atom. The first-order chi connectivity index (χ1) is 10.6. The van der Waals surface area contributed by atoms with E-state index in [9.17, 15) is 14.0 Å². The van der Waals surface area contributed by atoms with Crippen molar-refractivity contribution < 1.29 is 23.5 Å². The van der Waals surface area contributed by atoms with Crippen LogP contribution in [0.3, 0.4) is 0 Å². The summed E-state index contributed by atoms with van der Waals surface area (Å²) in [6.07, 6.45) is 1.22. The van der Waals surface area contributed by atoms with E-state index in [4.69, 9.17) is 9.47 Å². The molecule has 0 atom stereocenters. The largest absolute Gasteiger partial charge is 0.484 e. The Kier molecular flexibility index (Phi) is 5.75.